The first-order valence-corrected chi connectivity index (χ1v) is 6.58. The Kier molecular flexibility index (Phi) is 4.54. The van der Waals surface area contributed by atoms with Crippen molar-refractivity contribution < 1.29 is 8.78 Å². The predicted molar refractivity (Wildman–Crippen MR) is 75.6 cm³/mol. The SMILES string of the molecule is C/C(=N\SC(C)(C)C)c1cccc(C(C)(F)F)c1. The molecule has 100 valence electrons. The van der Waals surface area contributed by atoms with Gasteiger partial charge in [-0.3, -0.25) is 0 Å². The molecule has 0 amide bonds. The highest BCUT2D eigenvalue weighted by atomic mass is 32.2. The standard InChI is InChI=1S/C14H19F2NS/c1-10(17-18-13(2,3)4)11-7-6-8-12(9-11)14(5,15)16/h6-9H,1-5H3/b17-10+. The summed E-state index contributed by atoms with van der Waals surface area (Å²) in [5.74, 6) is -2.81. The van der Waals surface area contributed by atoms with Crippen LogP contribution in [0.5, 0.6) is 0 Å². The number of alkyl halides is 2. The zero-order chi connectivity index (χ0) is 14.0. The van der Waals surface area contributed by atoms with E-state index in [4.69, 9.17) is 0 Å². The molecule has 0 saturated carbocycles. The fourth-order valence-corrected chi connectivity index (χ4v) is 1.79. The molecule has 1 nitrogen and oxygen atoms in total. The Bertz CT molecular complexity index is 442. The van der Waals surface area contributed by atoms with Gasteiger partial charge in [0.2, 0.25) is 0 Å². The van der Waals surface area contributed by atoms with Crippen LogP contribution in [-0.2, 0) is 5.92 Å². The molecule has 0 radical (unpaired) electrons. The van der Waals surface area contributed by atoms with Crippen LogP contribution in [-0.4, -0.2) is 10.5 Å². The molecule has 0 unspecified atom stereocenters. The number of benzene rings is 1. The van der Waals surface area contributed by atoms with Crippen molar-refractivity contribution in [2.75, 3.05) is 0 Å². The largest absolute Gasteiger partial charge is 0.270 e. The molecule has 1 rings (SSSR count). The normalized spacial score (nSPS) is 13.8. The number of nitrogens with zero attached hydrogens (tertiary/aromatic N) is 1. The second kappa shape index (κ2) is 5.39. The Morgan fingerprint density at radius 1 is 1.17 bits per heavy atom. The molecule has 0 atom stereocenters. The van der Waals surface area contributed by atoms with Crippen molar-refractivity contribution in [3.8, 4) is 0 Å². The van der Waals surface area contributed by atoms with Gasteiger partial charge in [-0.15, -0.1) is 0 Å². The van der Waals surface area contributed by atoms with E-state index in [9.17, 15) is 8.78 Å². The highest BCUT2D eigenvalue weighted by molar-refractivity contribution is 7.99. The molecule has 0 spiro atoms. The summed E-state index contributed by atoms with van der Waals surface area (Å²) in [6, 6.07) is 6.38. The van der Waals surface area contributed by atoms with Crippen LogP contribution in [0.15, 0.2) is 28.7 Å². The van der Waals surface area contributed by atoms with Crippen molar-refractivity contribution in [2.45, 2.75) is 45.3 Å². The van der Waals surface area contributed by atoms with Gasteiger partial charge < -0.3 is 0 Å². The van der Waals surface area contributed by atoms with Crippen LogP contribution < -0.4 is 0 Å². The Hall–Kier alpha value is -0.900. The fraction of sp³-hybridized carbons (Fsp3) is 0.500. The first-order valence-electron chi connectivity index (χ1n) is 5.81. The van der Waals surface area contributed by atoms with Crippen LogP contribution in [0.2, 0.25) is 0 Å². The summed E-state index contributed by atoms with van der Waals surface area (Å²) in [5, 5.41) is 0. The Balaban J connectivity index is 2.97. The lowest BCUT2D eigenvalue weighted by Crippen LogP contribution is -2.09. The highest BCUT2D eigenvalue weighted by Gasteiger charge is 2.24. The summed E-state index contributed by atoms with van der Waals surface area (Å²) in [7, 11) is 0. The molecule has 0 heterocycles. The number of halogens is 2. The first kappa shape index (κ1) is 15.2. The molecule has 0 fully saturated rings. The molecule has 1 aromatic rings. The van der Waals surface area contributed by atoms with Crippen LogP contribution in [0, 0.1) is 0 Å². The molecule has 0 bridgehead atoms. The fourth-order valence-electron chi connectivity index (χ4n) is 1.28. The van der Waals surface area contributed by atoms with Crippen molar-refractivity contribution in [1.29, 1.82) is 0 Å². The predicted octanol–water partition coefficient (Wildman–Crippen LogP) is 5.05. The van der Waals surface area contributed by atoms with Gasteiger partial charge in [0.05, 0.1) is 5.71 Å². The second-order valence-corrected chi connectivity index (χ2v) is 6.94. The average Bonchev–Trinajstić information content (AvgIpc) is 2.24. The minimum atomic E-state index is -2.81. The lowest BCUT2D eigenvalue weighted by atomic mass is 10.0. The number of hydrogen-bond donors (Lipinski definition) is 0. The number of rotatable bonds is 3. The molecule has 4 heteroatoms. The van der Waals surface area contributed by atoms with E-state index in [1.807, 2.05) is 6.92 Å². The smallest absolute Gasteiger partial charge is 0.220 e. The van der Waals surface area contributed by atoms with Gasteiger partial charge in [-0.2, -0.15) is 0 Å². The summed E-state index contributed by atoms with van der Waals surface area (Å²) < 4.78 is 30.9. The third kappa shape index (κ3) is 4.77. The zero-order valence-corrected chi connectivity index (χ0v) is 12.2. The molecule has 1 aromatic carbocycles. The Morgan fingerprint density at radius 2 is 1.78 bits per heavy atom. The number of hydrogen-bond acceptors (Lipinski definition) is 2. The van der Waals surface area contributed by atoms with E-state index in [2.05, 4.69) is 25.2 Å². The van der Waals surface area contributed by atoms with Crippen molar-refractivity contribution in [3.63, 3.8) is 0 Å². The van der Waals surface area contributed by atoms with Gasteiger partial charge in [-0.25, -0.2) is 13.2 Å². The topological polar surface area (TPSA) is 12.4 Å². The Morgan fingerprint density at radius 3 is 2.28 bits per heavy atom. The van der Waals surface area contributed by atoms with Crippen LogP contribution in [0.4, 0.5) is 8.78 Å². The van der Waals surface area contributed by atoms with Gasteiger partial charge in [0.25, 0.3) is 5.92 Å². The molecule has 18 heavy (non-hydrogen) atoms. The monoisotopic (exact) mass is 271 g/mol. The van der Waals surface area contributed by atoms with E-state index in [0.717, 1.165) is 18.2 Å². The maximum absolute atomic E-state index is 13.2. The summed E-state index contributed by atoms with van der Waals surface area (Å²) >= 11 is 1.45. The molecular formula is C14H19F2NS. The van der Waals surface area contributed by atoms with Gasteiger partial charge in [-0.05, 0) is 51.3 Å². The quantitative estimate of drug-likeness (QED) is 0.553. The minimum Gasteiger partial charge on any atom is -0.220 e. The van der Waals surface area contributed by atoms with E-state index in [1.165, 1.54) is 24.1 Å². The Labute approximate surface area is 112 Å². The molecule has 0 aliphatic heterocycles. The molecule has 0 aliphatic rings. The van der Waals surface area contributed by atoms with Gasteiger partial charge in [0, 0.05) is 17.2 Å². The maximum Gasteiger partial charge on any atom is 0.270 e. The summed E-state index contributed by atoms with van der Waals surface area (Å²) in [6.07, 6.45) is 0. The molecule has 0 aliphatic carbocycles. The molecular weight excluding hydrogens is 252 g/mol. The van der Waals surface area contributed by atoms with Gasteiger partial charge in [0.1, 0.15) is 0 Å². The zero-order valence-electron chi connectivity index (χ0n) is 11.4. The average molecular weight is 271 g/mol. The van der Waals surface area contributed by atoms with E-state index in [-0.39, 0.29) is 10.3 Å². The van der Waals surface area contributed by atoms with E-state index >= 15 is 0 Å². The summed E-state index contributed by atoms with van der Waals surface area (Å²) in [6.45, 7) is 8.93. The second-order valence-electron chi connectivity index (χ2n) is 5.35. The van der Waals surface area contributed by atoms with Crippen molar-refractivity contribution >= 4 is 17.7 Å². The maximum atomic E-state index is 13.2. The van der Waals surface area contributed by atoms with Crippen molar-refractivity contribution in [1.82, 2.24) is 0 Å². The van der Waals surface area contributed by atoms with Crippen LogP contribution in [0.1, 0.15) is 45.7 Å². The van der Waals surface area contributed by atoms with Crippen molar-refractivity contribution in [2.24, 2.45) is 4.40 Å². The summed E-state index contributed by atoms with van der Waals surface area (Å²) in [4.78, 5) is 0. The third-order valence-electron chi connectivity index (χ3n) is 2.24. The van der Waals surface area contributed by atoms with Crippen LogP contribution in [0.3, 0.4) is 0 Å². The van der Waals surface area contributed by atoms with Crippen molar-refractivity contribution in [3.05, 3.63) is 35.4 Å². The van der Waals surface area contributed by atoms with Crippen LogP contribution >= 0.6 is 11.9 Å². The first-order chi connectivity index (χ1) is 8.09. The third-order valence-corrected chi connectivity index (χ3v) is 3.16. The van der Waals surface area contributed by atoms with Gasteiger partial charge in [0.15, 0.2) is 0 Å². The molecule has 0 saturated heterocycles. The van der Waals surface area contributed by atoms with E-state index < -0.39 is 5.92 Å². The lowest BCUT2D eigenvalue weighted by Gasteiger charge is -2.15. The van der Waals surface area contributed by atoms with Gasteiger partial charge >= 0.3 is 0 Å². The summed E-state index contributed by atoms with van der Waals surface area (Å²) in [5.41, 5.74) is 1.53. The van der Waals surface area contributed by atoms with Gasteiger partial charge in [-0.1, -0.05) is 18.2 Å². The lowest BCUT2D eigenvalue weighted by molar-refractivity contribution is 0.0174. The van der Waals surface area contributed by atoms with Crippen LogP contribution in [0.25, 0.3) is 0 Å². The minimum absolute atomic E-state index is 0.0214. The highest BCUT2D eigenvalue weighted by Crippen LogP contribution is 2.28. The van der Waals surface area contributed by atoms with E-state index in [0.29, 0.717) is 0 Å². The molecule has 0 N–H and O–H groups in total. The van der Waals surface area contributed by atoms with E-state index in [1.54, 1.807) is 12.1 Å². The molecule has 0 aromatic heterocycles.